The molecule has 2 aliphatic heterocycles. The third kappa shape index (κ3) is 4.52. The normalized spacial score (nSPS) is 17.0. The number of carbonyl (C=O) groups excluding carboxylic acids is 2. The molecule has 3 aromatic carbocycles. The van der Waals surface area contributed by atoms with Gasteiger partial charge in [0.2, 0.25) is 0 Å². The summed E-state index contributed by atoms with van der Waals surface area (Å²) < 4.78 is 13.1. The van der Waals surface area contributed by atoms with E-state index in [1.807, 2.05) is 52.3 Å². The van der Waals surface area contributed by atoms with Crippen molar-refractivity contribution in [2.45, 2.75) is 6.04 Å². The maximum absolute atomic E-state index is 13.1. The smallest absolute Gasteiger partial charge is 0.253 e. The molecule has 6 heteroatoms. The van der Waals surface area contributed by atoms with E-state index in [9.17, 15) is 14.0 Å². The number of piperazine rings is 1. The largest absolute Gasteiger partial charge is 0.336 e. The summed E-state index contributed by atoms with van der Waals surface area (Å²) in [7, 11) is 0. The predicted octanol–water partition coefficient (Wildman–Crippen LogP) is 3.78. The Balaban J connectivity index is 1.11. The van der Waals surface area contributed by atoms with Crippen molar-refractivity contribution in [3.05, 3.63) is 95.8 Å². The topological polar surface area (TPSA) is 43.9 Å². The van der Waals surface area contributed by atoms with Gasteiger partial charge in [-0.05, 0) is 47.5 Å². The van der Waals surface area contributed by atoms with Crippen molar-refractivity contribution >= 4 is 11.8 Å². The molecule has 0 saturated carbocycles. The Labute approximate surface area is 193 Å². The van der Waals surface area contributed by atoms with Gasteiger partial charge in [0.05, 0.1) is 0 Å². The summed E-state index contributed by atoms with van der Waals surface area (Å²) in [5.74, 6) is -0.331. The highest BCUT2D eigenvalue weighted by atomic mass is 19.1. The Hall–Kier alpha value is -3.51. The summed E-state index contributed by atoms with van der Waals surface area (Å²) in [6, 6.07) is 24.0. The SMILES string of the molecule is O=C(c1ccc(F)cc1)N1CCN(C2CN(C(=O)c3ccc(-c4ccccc4)cc3)C2)CC1. The summed E-state index contributed by atoms with van der Waals surface area (Å²) in [4.78, 5) is 31.5. The van der Waals surface area contributed by atoms with Crippen molar-refractivity contribution in [1.82, 2.24) is 14.7 Å². The van der Waals surface area contributed by atoms with Gasteiger partial charge in [-0.1, -0.05) is 42.5 Å². The summed E-state index contributed by atoms with van der Waals surface area (Å²) in [6.07, 6.45) is 0. The number of hydrogen-bond donors (Lipinski definition) is 0. The van der Waals surface area contributed by atoms with Crippen molar-refractivity contribution in [3.63, 3.8) is 0 Å². The first-order valence-electron chi connectivity index (χ1n) is 11.3. The van der Waals surface area contributed by atoms with Crippen LogP contribution in [0.1, 0.15) is 20.7 Å². The molecule has 3 aromatic rings. The van der Waals surface area contributed by atoms with Crippen LogP contribution < -0.4 is 0 Å². The third-order valence-electron chi connectivity index (χ3n) is 6.60. The van der Waals surface area contributed by atoms with Crippen LogP contribution in [0.4, 0.5) is 4.39 Å². The van der Waals surface area contributed by atoms with Gasteiger partial charge in [0, 0.05) is 56.4 Å². The summed E-state index contributed by atoms with van der Waals surface area (Å²) >= 11 is 0. The average Bonchev–Trinajstić information content (AvgIpc) is 2.84. The predicted molar refractivity (Wildman–Crippen MR) is 125 cm³/mol. The molecular formula is C27H26FN3O2. The first-order chi connectivity index (χ1) is 16.1. The second-order valence-electron chi connectivity index (χ2n) is 8.64. The molecule has 0 aromatic heterocycles. The van der Waals surface area contributed by atoms with Gasteiger partial charge < -0.3 is 9.80 Å². The lowest BCUT2D eigenvalue weighted by atomic mass is 10.0. The van der Waals surface area contributed by atoms with E-state index >= 15 is 0 Å². The van der Waals surface area contributed by atoms with Crippen LogP contribution in [0.15, 0.2) is 78.9 Å². The molecule has 0 unspecified atom stereocenters. The number of rotatable bonds is 4. The maximum Gasteiger partial charge on any atom is 0.253 e. The van der Waals surface area contributed by atoms with Crippen LogP contribution in [0.3, 0.4) is 0 Å². The minimum atomic E-state index is -0.340. The highest BCUT2D eigenvalue weighted by molar-refractivity contribution is 5.95. The van der Waals surface area contributed by atoms with E-state index in [1.54, 1.807) is 0 Å². The molecule has 0 bridgehead atoms. The zero-order valence-electron chi connectivity index (χ0n) is 18.4. The second-order valence-corrected chi connectivity index (χ2v) is 8.64. The Kier molecular flexibility index (Phi) is 5.92. The van der Waals surface area contributed by atoms with E-state index in [0.717, 1.165) is 24.2 Å². The highest BCUT2D eigenvalue weighted by Crippen LogP contribution is 2.23. The molecule has 2 fully saturated rings. The average molecular weight is 444 g/mol. The third-order valence-corrected chi connectivity index (χ3v) is 6.60. The van der Waals surface area contributed by atoms with Crippen LogP contribution >= 0.6 is 0 Å². The fourth-order valence-corrected chi connectivity index (χ4v) is 4.54. The van der Waals surface area contributed by atoms with E-state index in [4.69, 9.17) is 0 Å². The van der Waals surface area contributed by atoms with Gasteiger partial charge in [-0.3, -0.25) is 14.5 Å². The van der Waals surface area contributed by atoms with E-state index in [2.05, 4.69) is 17.0 Å². The number of carbonyl (C=O) groups is 2. The lowest BCUT2D eigenvalue weighted by Crippen LogP contribution is -2.64. The van der Waals surface area contributed by atoms with Gasteiger partial charge in [0.15, 0.2) is 0 Å². The van der Waals surface area contributed by atoms with Gasteiger partial charge >= 0.3 is 0 Å². The molecule has 0 N–H and O–H groups in total. The zero-order valence-corrected chi connectivity index (χ0v) is 18.4. The van der Waals surface area contributed by atoms with Crippen molar-refractivity contribution in [2.24, 2.45) is 0 Å². The molecule has 2 saturated heterocycles. The van der Waals surface area contributed by atoms with Crippen LogP contribution in [0.25, 0.3) is 11.1 Å². The molecule has 0 spiro atoms. The van der Waals surface area contributed by atoms with Crippen molar-refractivity contribution < 1.29 is 14.0 Å². The van der Waals surface area contributed by atoms with Crippen LogP contribution in [-0.2, 0) is 0 Å². The molecule has 33 heavy (non-hydrogen) atoms. The van der Waals surface area contributed by atoms with Gasteiger partial charge in [0.25, 0.3) is 11.8 Å². The number of nitrogens with zero attached hydrogens (tertiary/aromatic N) is 3. The van der Waals surface area contributed by atoms with E-state index in [-0.39, 0.29) is 17.6 Å². The molecule has 5 nitrogen and oxygen atoms in total. The number of hydrogen-bond acceptors (Lipinski definition) is 3. The Bertz CT molecular complexity index is 1120. The Morgan fingerprint density at radius 1 is 0.636 bits per heavy atom. The molecular weight excluding hydrogens is 417 g/mol. The minimum absolute atomic E-state index is 0.0565. The first kappa shape index (κ1) is 21.3. The van der Waals surface area contributed by atoms with Crippen molar-refractivity contribution in [1.29, 1.82) is 0 Å². The molecule has 0 atom stereocenters. The summed E-state index contributed by atoms with van der Waals surface area (Å²) in [6.45, 7) is 4.27. The van der Waals surface area contributed by atoms with E-state index < -0.39 is 0 Å². The molecule has 2 heterocycles. The number of likely N-dealkylation sites (tertiary alicyclic amines) is 1. The number of amides is 2. The van der Waals surface area contributed by atoms with Crippen LogP contribution in [-0.4, -0.2) is 71.8 Å². The highest BCUT2D eigenvalue weighted by Gasteiger charge is 2.37. The number of halogens is 1. The van der Waals surface area contributed by atoms with E-state index in [0.29, 0.717) is 43.3 Å². The maximum atomic E-state index is 13.1. The fraction of sp³-hybridized carbons (Fsp3) is 0.259. The minimum Gasteiger partial charge on any atom is -0.336 e. The second kappa shape index (κ2) is 9.16. The lowest BCUT2D eigenvalue weighted by molar-refractivity contribution is 0.00854. The molecule has 5 rings (SSSR count). The zero-order chi connectivity index (χ0) is 22.8. The van der Waals surface area contributed by atoms with Crippen LogP contribution in [0.5, 0.6) is 0 Å². The van der Waals surface area contributed by atoms with Gasteiger partial charge in [-0.2, -0.15) is 0 Å². The lowest BCUT2D eigenvalue weighted by Gasteiger charge is -2.48. The van der Waals surface area contributed by atoms with Crippen molar-refractivity contribution in [3.8, 4) is 11.1 Å². The molecule has 2 aliphatic rings. The molecule has 0 radical (unpaired) electrons. The van der Waals surface area contributed by atoms with Crippen LogP contribution in [0.2, 0.25) is 0 Å². The van der Waals surface area contributed by atoms with Crippen LogP contribution in [0, 0.1) is 5.82 Å². The molecule has 2 amide bonds. The number of benzene rings is 3. The monoisotopic (exact) mass is 443 g/mol. The van der Waals surface area contributed by atoms with Gasteiger partial charge in [-0.15, -0.1) is 0 Å². The first-order valence-corrected chi connectivity index (χ1v) is 11.3. The summed E-state index contributed by atoms with van der Waals surface area (Å²) in [5, 5.41) is 0. The summed E-state index contributed by atoms with van der Waals surface area (Å²) in [5.41, 5.74) is 3.46. The quantitative estimate of drug-likeness (QED) is 0.617. The van der Waals surface area contributed by atoms with Gasteiger partial charge in [0.1, 0.15) is 5.82 Å². The van der Waals surface area contributed by atoms with Gasteiger partial charge in [-0.25, -0.2) is 4.39 Å². The van der Waals surface area contributed by atoms with Crippen molar-refractivity contribution in [2.75, 3.05) is 39.3 Å². The Morgan fingerprint density at radius 2 is 1.15 bits per heavy atom. The molecule has 0 aliphatic carbocycles. The van der Waals surface area contributed by atoms with E-state index in [1.165, 1.54) is 24.3 Å². The Morgan fingerprint density at radius 3 is 1.76 bits per heavy atom. The fourth-order valence-electron chi connectivity index (χ4n) is 4.54. The molecule has 168 valence electrons. The standard InChI is InChI=1S/C27H26FN3O2/c28-24-12-10-23(11-13-24)26(32)30-16-14-29(15-17-30)25-18-31(19-25)27(33)22-8-6-21(7-9-22)20-4-2-1-3-5-20/h1-13,25H,14-19H2.